The molecular weight excluding hydrogens is 374 g/mol. The fourth-order valence-electron chi connectivity index (χ4n) is 3.45. The molecule has 29 heavy (non-hydrogen) atoms. The van der Waals surface area contributed by atoms with Gasteiger partial charge < -0.3 is 24.3 Å². The van der Waals surface area contributed by atoms with E-state index < -0.39 is 18.5 Å². The fourth-order valence-corrected chi connectivity index (χ4v) is 3.45. The van der Waals surface area contributed by atoms with Crippen molar-refractivity contribution in [2.75, 3.05) is 13.2 Å². The average molecular weight is 408 g/mol. The zero-order valence-electron chi connectivity index (χ0n) is 17.8. The first-order valence-electron chi connectivity index (χ1n) is 10.3. The van der Waals surface area contributed by atoms with Crippen LogP contribution in [0.15, 0.2) is 30.3 Å². The predicted molar refractivity (Wildman–Crippen MR) is 108 cm³/mol. The summed E-state index contributed by atoms with van der Waals surface area (Å²) < 4.78 is 22.5. The Bertz CT molecular complexity index is 637. The first-order valence-corrected chi connectivity index (χ1v) is 10.3. The van der Waals surface area contributed by atoms with E-state index in [4.69, 9.17) is 18.9 Å². The first-order chi connectivity index (χ1) is 13.9. The van der Waals surface area contributed by atoms with Crippen molar-refractivity contribution in [1.29, 1.82) is 0 Å². The van der Waals surface area contributed by atoms with Crippen LogP contribution < -0.4 is 5.32 Å². The van der Waals surface area contributed by atoms with E-state index >= 15 is 0 Å². The zero-order valence-corrected chi connectivity index (χ0v) is 17.8. The molecule has 7 heteroatoms. The van der Waals surface area contributed by atoms with Crippen LogP contribution in [0.25, 0.3) is 0 Å². The Morgan fingerprint density at radius 2 is 1.86 bits per heavy atom. The quantitative estimate of drug-likeness (QED) is 0.497. The molecule has 2 rings (SSSR count). The van der Waals surface area contributed by atoms with Crippen molar-refractivity contribution in [3.63, 3.8) is 0 Å². The van der Waals surface area contributed by atoms with Gasteiger partial charge in [0.25, 0.3) is 0 Å². The molecule has 1 saturated heterocycles. The summed E-state index contributed by atoms with van der Waals surface area (Å²) in [6, 6.07) is 9.51. The molecule has 5 atom stereocenters. The molecule has 1 aliphatic heterocycles. The maximum atomic E-state index is 11.8. The van der Waals surface area contributed by atoms with Crippen LogP contribution >= 0.6 is 0 Å². The number of carbonyl (C=O) groups excluding carboxylic acids is 2. The lowest BCUT2D eigenvalue weighted by Gasteiger charge is -2.43. The Hall–Kier alpha value is -2.12. The Morgan fingerprint density at radius 1 is 1.14 bits per heavy atom. The standard InChI is InChI=1S/C22H33NO6/c1-5-19-15(2)16(3)20(28-17(4)24)21(29-19)26-13-9-12-23-22(25)27-14-18-10-7-6-8-11-18/h6-8,10-11,15-16,19-21H,5,9,12-14H2,1-4H3,(H,23,25)/t15-,16-,19?,20?,21-/m0/s1. The van der Waals surface area contributed by atoms with Crippen molar-refractivity contribution >= 4 is 12.1 Å². The van der Waals surface area contributed by atoms with Crippen LogP contribution in [0.5, 0.6) is 0 Å². The highest BCUT2D eigenvalue weighted by Gasteiger charge is 2.43. The van der Waals surface area contributed by atoms with Crippen molar-refractivity contribution in [3.05, 3.63) is 35.9 Å². The van der Waals surface area contributed by atoms with Crippen molar-refractivity contribution in [2.24, 2.45) is 11.8 Å². The van der Waals surface area contributed by atoms with Crippen molar-refractivity contribution in [3.8, 4) is 0 Å². The lowest BCUT2D eigenvalue weighted by molar-refractivity contribution is -0.275. The molecule has 0 aliphatic carbocycles. The molecular formula is C22H33NO6. The zero-order chi connectivity index (χ0) is 21.2. The third kappa shape index (κ3) is 7.33. The smallest absolute Gasteiger partial charge is 0.407 e. The van der Waals surface area contributed by atoms with Crippen LogP contribution in [-0.2, 0) is 30.3 Å². The molecule has 1 heterocycles. The molecule has 7 nitrogen and oxygen atoms in total. The minimum atomic E-state index is -0.597. The second-order valence-corrected chi connectivity index (χ2v) is 7.46. The number of alkyl carbamates (subject to hydrolysis) is 1. The third-order valence-electron chi connectivity index (χ3n) is 5.30. The third-order valence-corrected chi connectivity index (χ3v) is 5.30. The molecule has 1 aliphatic rings. The molecule has 1 fully saturated rings. The number of rotatable bonds is 9. The summed E-state index contributed by atoms with van der Waals surface area (Å²) in [5.74, 6) is 0.0583. The molecule has 162 valence electrons. The number of amides is 1. The summed E-state index contributed by atoms with van der Waals surface area (Å²) >= 11 is 0. The van der Waals surface area contributed by atoms with E-state index in [0.717, 1.165) is 12.0 Å². The highest BCUT2D eigenvalue weighted by Crippen LogP contribution is 2.34. The van der Waals surface area contributed by atoms with Crippen molar-refractivity contribution < 1.29 is 28.5 Å². The largest absolute Gasteiger partial charge is 0.457 e. The molecule has 2 unspecified atom stereocenters. The van der Waals surface area contributed by atoms with Gasteiger partial charge >= 0.3 is 12.1 Å². The van der Waals surface area contributed by atoms with Gasteiger partial charge in [-0.1, -0.05) is 51.1 Å². The second-order valence-electron chi connectivity index (χ2n) is 7.46. The predicted octanol–water partition coefficient (Wildman–Crippen LogP) is 3.66. The van der Waals surface area contributed by atoms with E-state index in [9.17, 15) is 9.59 Å². The van der Waals surface area contributed by atoms with Gasteiger partial charge in [-0.15, -0.1) is 0 Å². The van der Waals surface area contributed by atoms with Crippen LogP contribution in [0.2, 0.25) is 0 Å². The SMILES string of the molecule is CCC1O[C@H](OCCCNC(=O)OCc2ccccc2)C(OC(C)=O)[C@@H](C)[C@@H]1C. The van der Waals surface area contributed by atoms with E-state index in [1.807, 2.05) is 30.3 Å². The number of hydrogen-bond donors (Lipinski definition) is 1. The van der Waals surface area contributed by atoms with Crippen LogP contribution in [-0.4, -0.2) is 43.7 Å². The normalized spacial score (nSPS) is 26.6. The van der Waals surface area contributed by atoms with Gasteiger partial charge in [-0.2, -0.15) is 0 Å². The number of ether oxygens (including phenoxy) is 4. The summed E-state index contributed by atoms with van der Waals surface area (Å²) in [5, 5.41) is 2.70. The minimum absolute atomic E-state index is 0.0629. The van der Waals surface area contributed by atoms with Crippen LogP contribution in [0, 0.1) is 11.8 Å². The fraction of sp³-hybridized carbons (Fsp3) is 0.636. The minimum Gasteiger partial charge on any atom is -0.457 e. The van der Waals surface area contributed by atoms with Gasteiger partial charge in [0, 0.05) is 19.4 Å². The summed E-state index contributed by atoms with van der Waals surface area (Å²) in [6.07, 6.45) is 0.0250. The van der Waals surface area contributed by atoms with E-state index in [2.05, 4.69) is 26.1 Å². The molecule has 0 radical (unpaired) electrons. The number of hydrogen-bond acceptors (Lipinski definition) is 6. The highest BCUT2D eigenvalue weighted by atomic mass is 16.7. The Balaban J connectivity index is 1.71. The summed E-state index contributed by atoms with van der Waals surface area (Å²) in [7, 11) is 0. The Kier molecular flexibility index (Phi) is 9.41. The lowest BCUT2D eigenvalue weighted by Crippen LogP contribution is -2.52. The van der Waals surface area contributed by atoms with Crippen molar-refractivity contribution in [2.45, 2.75) is 65.6 Å². The van der Waals surface area contributed by atoms with E-state index in [-0.39, 0.29) is 30.5 Å². The summed E-state index contributed by atoms with van der Waals surface area (Å²) in [5.41, 5.74) is 0.936. The molecule has 1 N–H and O–H groups in total. The average Bonchev–Trinajstić information content (AvgIpc) is 2.71. The number of esters is 1. The molecule has 1 amide bonds. The maximum absolute atomic E-state index is 11.8. The van der Waals surface area contributed by atoms with Gasteiger partial charge in [-0.3, -0.25) is 4.79 Å². The highest BCUT2D eigenvalue weighted by molar-refractivity contribution is 5.67. The molecule has 0 saturated carbocycles. The van der Waals surface area contributed by atoms with Gasteiger partial charge in [0.15, 0.2) is 12.4 Å². The monoisotopic (exact) mass is 407 g/mol. The van der Waals surface area contributed by atoms with Gasteiger partial charge in [-0.25, -0.2) is 4.79 Å². The number of benzene rings is 1. The molecule has 0 aromatic heterocycles. The van der Waals surface area contributed by atoms with Gasteiger partial charge in [0.2, 0.25) is 0 Å². The van der Waals surface area contributed by atoms with Crippen LogP contribution in [0.1, 0.15) is 46.1 Å². The van der Waals surface area contributed by atoms with E-state index in [1.165, 1.54) is 6.92 Å². The van der Waals surface area contributed by atoms with Crippen LogP contribution in [0.4, 0.5) is 4.79 Å². The first kappa shape index (κ1) is 23.2. The molecule has 1 aromatic carbocycles. The number of carbonyl (C=O) groups is 2. The van der Waals surface area contributed by atoms with Gasteiger partial charge in [0.05, 0.1) is 12.7 Å². The molecule has 0 spiro atoms. The molecule has 1 aromatic rings. The topological polar surface area (TPSA) is 83.1 Å². The number of nitrogens with one attached hydrogen (secondary N) is 1. The molecule has 0 bridgehead atoms. The van der Waals surface area contributed by atoms with Crippen LogP contribution in [0.3, 0.4) is 0 Å². The van der Waals surface area contributed by atoms with Gasteiger partial charge in [0.1, 0.15) is 6.61 Å². The Labute approximate surface area is 173 Å². The van der Waals surface area contributed by atoms with Gasteiger partial charge in [-0.05, 0) is 24.3 Å². The maximum Gasteiger partial charge on any atom is 0.407 e. The summed E-state index contributed by atoms with van der Waals surface area (Å²) in [4.78, 5) is 23.2. The second kappa shape index (κ2) is 11.8. The van der Waals surface area contributed by atoms with E-state index in [1.54, 1.807) is 0 Å². The lowest BCUT2D eigenvalue weighted by atomic mass is 9.82. The summed E-state index contributed by atoms with van der Waals surface area (Å²) in [6.45, 7) is 8.66. The van der Waals surface area contributed by atoms with E-state index in [0.29, 0.717) is 19.6 Å². The Morgan fingerprint density at radius 3 is 2.52 bits per heavy atom. The van der Waals surface area contributed by atoms with Crippen molar-refractivity contribution in [1.82, 2.24) is 5.32 Å².